The average molecular weight is 245 g/mol. The molecule has 0 heterocycles. The van der Waals surface area contributed by atoms with E-state index in [1.54, 1.807) is 19.1 Å². The van der Waals surface area contributed by atoms with Gasteiger partial charge < -0.3 is 9.84 Å². The molecule has 0 aromatic heterocycles. The van der Waals surface area contributed by atoms with Crippen LogP contribution in [0.3, 0.4) is 0 Å². The molecule has 15 heavy (non-hydrogen) atoms. The van der Waals surface area contributed by atoms with E-state index in [-0.39, 0.29) is 13.2 Å². The van der Waals surface area contributed by atoms with E-state index in [0.29, 0.717) is 21.4 Å². The van der Waals surface area contributed by atoms with Gasteiger partial charge in [-0.15, -0.1) is 5.92 Å². The molecule has 0 fully saturated rings. The van der Waals surface area contributed by atoms with Crippen LogP contribution < -0.4 is 4.74 Å². The van der Waals surface area contributed by atoms with Crippen LogP contribution in [0.1, 0.15) is 12.5 Å². The summed E-state index contributed by atoms with van der Waals surface area (Å²) >= 11 is 11.7. The zero-order valence-electron chi connectivity index (χ0n) is 8.18. The summed E-state index contributed by atoms with van der Waals surface area (Å²) in [6.07, 6.45) is 0. The quantitative estimate of drug-likeness (QED) is 0.829. The van der Waals surface area contributed by atoms with Gasteiger partial charge in [0.25, 0.3) is 0 Å². The van der Waals surface area contributed by atoms with E-state index in [9.17, 15) is 0 Å². The summed E-state index contributed by atoms with van der Waals surface area (Å²) in [6, 6.07) is 3.18. The highest BCUT2D eigenvalue weighted by Gasteiger charge is 2.09. The number of ether oxygens (including phenoxy) is 1. The van der Waals surface area contributed by atoms with Gasteiger partial charge >= 0.3 is 0 Å². The first-order chi connectivity index (χ1) is 7.19. The molecule has 0 bridgehead atoms. The Bertz CT molecular complexity index is 405. The molecule has 80 valence electrons. The summed E-state index contributed by atoms with van der Waals surface area (Å²) in [5.74, 6) is 5.88. The van der Waals surface area contributed by atoms with Crippen molar-refractivity contribution in [2.24, 2.45) is 0 Å². The Hall–Kier alpha value is -0.880. The van der Waals surface area contributed by atoms with Gasteiger partial charge in [0.2, 0.25) is 0 Å². The van der Waals surface area contributed by atoms with Crippen molar-refractivity contribution in [3.05, 3.63) is 27.7 Å². The van der Waals surface area contributed by atoms with Crippen molar-refractivity contribution in [2.75, 3.05) is 6.61 Å². The third-order valence-corrected chi connectivity index (χ3v) is 2.22. The normalized spacial score (nSPS) is 9.33. The van der Waals surface area contributed by atoms with Gasteiger partial charge in [0.1, 0.15) is 12.4 Å². The van der Waals surface area contributed by atoms with Crippen LogP contribution in [0, 0.1) is 11.8 Å². The van der Waals surface area contributed by atoms with E-state index in [1.807, 2.05) is 0 Å². The van der Waals surface area contributed by atoms with Crippen molar-refractivity contribution in [1.82, 2.24) is 0 Å². The molecule has 0 spiro atoms. The summed E-state index contributed by atoms with van der Waals surface area (Å²) in [5, 5.41) is 9.94. The summed E-state index contributed by atoms with van der Waals surface area (Å²) < 4.78 is 5.33. The number of halogens is 2. The lowest BCUT2D eigenvalue weighted by atomic mass is 10.2. The van der Waals surface area contributed by atoms with Crippen LogP contribution in [0.4, 0.5) is 0 Å². The molecule has 0 unspecified atom stereocenters. The predicted molar refractivity (Wildman–Crippen MR) is 61.3 cm³/mol. The van der Waals surface area contributed by atoms with Crippen LogP contribution in [-0.2, 0) is 6.61 Å². The average Bonchev–Trinajstić information content (AvgIpc) is 2.20. The van der Waals surface area contributed by atoms with Crippen LogP contribution in [0.5, 0.6) is 5.75 Å². The Balaban J connectivity index is 2.96. The Morgan fingerprint density at radius 3 is 2.73 bits per heavy atom. The highest BCUT2D eigenvalue weighted by molar-refractivity contribution is 6.35. The van der Waals surface area contributed by atoms with Gasteiger partial charge in [-0.25, -0.2) is 0 Å². The fourth-order valence-electron chi connectivity index (χ4n) is 1.07. The van der Waals surface area contributed by atoms with Crippen molar-refractivity contribution in [3.63, 3.8) is 0 Å². The molecule has 0 saturated carbocycles. The number of rotatable bonds is 3. The standard InChI is InChI=1S/C11H10Cl2O2/c1-2-3-4-15-11-8(7-14)5-9(12)6-10(11)13/h5-6,14H,4,7H2,1H3. The second kappa shape index (κ2) is 5.87. The molecule has 0 amide bonds. The Kier molecular flexibility index (Phi) is 4.77. The van der Waals surface area contributed by atoms with E-state index in [1.165, 1.54) is 0 Å². The van der Waals surface area contributed by atoms with Crippen LogP contribution >= 0.6 is 23.2 Å². The summed E-state index contributed by atoms with van der Waals surface area (Å²) in [5.41, 5.74) is 0.561. The van der Waals surface area contributed by atoms with Gasteiger partial charge in [-0.1, -0.05) is 29.1 Å². The van der Waals surface area contributed by atoms with Crippen LogP contribution in [0.15, 0.2) is 12.1 Å². The second-order valence-electron chi connectivity index (χ2n) is 2.75. The largest absolute Gasteiger partial charge is 0.479 e. The monoisotopic (exact) mass is 244 g/mol. The molecule has 0 aliphatic heterocycles. The number of hydrogen-bond donors (Lipinski definition) is 1. The first-order valence-electron chi connectivity index (χ1n) is 4.30. The molecule has 0 saturated heterocycles. The molecule has 0 atom stereocenters. The highest BCUT2D eigenvalue weighted by Crippen LogP contribution is 2.32. The minimum absolute atomic E-state index is 0.171. The zero-order valence-corrected chi connectivity index (χ0v) is 9.69. The fraction of sp³-hybridized carbons (Fsp3) is 0.273. The molecule has 4 heteroatoms. The number of hydrogen-bond acceptors (Lipinski definition) is 2. The van der Waals surface area contributed by atoms with Crippen LogP contribution in [0.2, 0.25) is 10.0 Å². The van der Waals surface area contributed by atoms with Crippen molar-refractivity contribution in [2.45, 2.75) is 13.5 Å². The zero-order chi connectivity index (χ0) is 11.3. The first kappa shape index (κ1) is 12.2. The third-order valence-electron chi connectivity index (χ3n) is 1.72. The van der Waals surface area contributed by atoms with Crippen LogP contribution in [0.25, 0.3) is 0 Å². The molecule has 0 aliphatic rings. The molecule has 1 aromatic rings. The van der Waals surface area contributed by atoms with E-state index in [0.717, 1.165) is 0 Å². The van der Waals surface area contributed by atoms with Gasteiger partial charge in [0, 0.05) is 10.6 Å². The smallest absolute Gasteiger partial charge is 0.149 e. The minimum atomic E-state index is -0.171. The summed E-state index contributed by atoms with van der Waals surface area (Å²) in [4.78, 5) is 0. The maximum absolute atomic E-state index is 9.09. The van der Waals surface area contributed by atoms with E-state index < -0.39 is 0 Å². The maximum atomic E-state index is 9.09. The highest BCUT2D eigenvalue weighted by atomic mass is 35.5. The molecular weight excluding hydrogens is 235 g/mol. The maximum Gasteiger partial charge on any atom is 0.149 e. The van der Waals surface area contributed by atoms with Gasteiger partial charge in [-0.05, 0) is 19.1 Å². The fourth-order valence-corrected chi connectivity index (χ4v) is 1.66. The minimum Gasteiger partial charge on any atom is -0.479 e. The van der Waals surface area contributed by atoms with Crippen LogP contribution in [-0.4, -0.2) is 11.7 Å². The molecule has 1 N–H and O–H groups in total. The molecule has 2 nitrogen and oxygen atoms in total. The van der Waals surface area contributed by atoms with Crippen molar-refractivity contribution >= 4 is 23.2 Å². The lowest BCUT2D eigenvalue weighted by Gasteiger charge is -2.10. The molecule has 0 aliphatic carbocycles. The lowest BCUT2D eigenvalue weighted by Crippen LogP contribution is -1.99. The van der Waals surface area contributed by atoms with Gasteiger partial charge in [0.15, 0.2) is 0 Å². The Morgan fingerprint density at radius 2 is 2.13 bits per heavy atom. The second-order valence-corrected chi connectivity index (χ2v) is 3.59. The Labute approximate surface area is 98.8 Å². The lowest BCUT2D eigenvalue weighted by molar-refractivity contribution is 0.270. The predicted octanol–water partition coefficient (Wildman–Crippen LogP) is 2.89. The third kappa shape index (κ3) is 3.32. The summed E-state index contributed by atoms with van der Waals surface area (Å²) in [6.45, 7) is 1.79. The van der Waals surface area contributed by atoms with Crippen molar-refractivity contribution in [3.8, 4) is 17.6 Å². The van der Waals surface area contributed by atoms with Gasteiger partial charge in [0.05, 0.1) is 11.6 Å². The molecule has 1 aromatic carbocycles. The number of benzene rings is 1. The van der Waals surface area contributed by atoms with Crippen molar-refractivity contribution < 1.29 is 9.84 Å². The van der Waals surface area contributed by atoms with E-state index in [2.05, 4.69) is 11.8 Å². The number of aliphatic hydroxyl groups is 1. The van der Waals surface area contributed by atoms with E-state index in [4.69, 9.17) is 33.0 Å². The van der Waals surface area contributed by atoms with Crippen molar-refractivity contribution in [1.29, 1.82) is 0 Å². The molecule has 1 rings (SSSR count). The van der Waals surface area contributed by atoms with E-state index >= 15 is 0 Å². The topological polar surface area (TPSA) is 29.5 Å². The number of aliphatic hydroxyl groups excluding tert-OH is 1. The molecule has 0 radical (unpaired) electrons. The first-order valence-corrected chi connectivity index (χ1v) is 5.05. The van der Waals surface area contributed by atoms with Gasteiger partial charge in [-0.2, -0.15) is 0 Å². The van der Waals surface area contributed by atoms with Gasteiger partial charge in [-0.3, -0.25) is 0 Å². The SMILES string of the molecule is CC#CCOc1c(Cl)cc(Cl)cc1CO. The summed E-state index contributed by atoms with van der Waals surface area (Å²) in [7, 11) is 0. The Morgan fingerprint density at radius 1 is 1.40 bits per heavy atom. The molecular formula is C11H10Cl2O2.